The van der Waals surface area contributed by atoms with E-state index in [2.05, 4.69) is 9.47 Å². The molecule has 0 aromatic rings. The molecular formula is C16H24O6. The van der Waals surface area contributed by atoms with E-state index in [1.165, 1.54) is 14.2 Å². The fourth-order valence-electron chi connectivity index (χ4n) is 3.04. The van der Waals surface area contributed by atoms with Gasteiger partial charge in [-0.3, -0.25) is 14.4 Å². The summed E-state index contributed by atoms with van der Waals surface area (Å²) in [4.78, 5) is 46.1. The van der Waals surface area contributed by atoms with Crippen molar-refractivity contribution >= 4 is 24.0 Å². The number of rotatable bonds is 9. The maximum absolute atomic E-state index is 12.5. The molecule has 0 spiro atoms. The molecule has 0 radical (unpaired) electrons. The van der Waals surface area contributed by atoms with E-state index in [1.807, 2.05) is 0 Å². The Balaban J connectivity index is 2.49. The van der Waals surface area contributed by atoms with Crippen molar-refractivity contribution in [1.82, 2.24) is 0 Å². The SMILES string of the molecule is COC(=O)CCCC1CCC(C=O)(CCCC(=O)OC)C1=O. The van der Waals surface area contributed by atoms with E-state index in [4.69, 9.17) is 0 Å². The summed E-state index contributed by atoms with van der Waals surface area (Å²) < 4.78 is 9.13. The molecule has 1 rings (SSSR count). The van der Waals surface area contributed by atoms with Gasteiger partial charge in [-0.2, -0.15) is 0 Å². The van der Waals surface area contributed by atoms with Gasteiger partial charge in [0.2, 0.25) is 0 Å². The number of ether oxygens (including phenoxy) is 2. The summed E-state index contributed by atoms with van der Waals surface area (Å²) in [6, 6.07) is 0. The summed E-state index contributed by atoms with van der Waals surface area (Å²) >= 11 is 0. The third kappa shape index (κ3) is 4.64. The highest BCUT2D eigenvalue weighted by Crippen LogP contribution is 2.42. The van der Waals surface area contributed by atoms with Crippen LogP contribution in [0.2, 0.25) is 0 Å². The Morgan fingerprint density at radius 3 is 2.32 bits per heavy atom. The lowest BCUT2D eigenvalue weighted by atomic mass is 9.80. The molecule has 0 aromatic heterocycles. The van der Waals surface area contributed by atoms with Crippen LogP contribution in [0.5, 0.6) is 0 Å². The van der Waals surface area contributed by atoms with Crippen molar-refractivity contribution < 1.29 is 28.7 Å². The second-order valence-electron chi connectivity index (χ2n) is 5.77. The minimum Gasteiger partial charge on any atom is -0.469 e. The van der Waals surface area contributed by atoms with Gasteiger partial charge in [0.15, 0.2) is 0 Å². The molecule has 6 heteroatoms. The highest BCUT2D eigenvalue weighted by atomic mass is 16.5. The molecule has 0 bridgehead atoms. The minimum absolute atomic E-state index is 0.0442. The molecule has 6 nitrogen and oxygen atoms in total. The Morgan fingerprint density at radius 2 is 1.77 bits per heavy atom. The summed E-state index contributed by atoms with van der Waals surface area (Å²) in [5.74, 6) is -0.837. The lowest BCUT2D eigenvalue weighted by Crippen LogP contribution is -2.30. The second-order valence-corrected chi connectivity index (χ2v) is 5.77. The fourth-order valence-corrected chi connectivity index (χ4v) is 3.04. The lowest BCUT2D eigenvalue weighted by Gasteiger charge is -2.20. The Hall–Kier alpha value is -1.72. The number of methoxy groups -OCH3 is 2. The van der Waals surface area contributed by atoms with Crippen molar-refractivity contribution in [2.24, 2.45) is 11.3 Å². The van der Waals surface area contributed by atoms with Crippen molar-refractivity contribution in [2.45, 2.75) is 51.4 Å². The summed E-state index contributed by atoms with van der Waals surface area (Å²) in [6.07, 6.45) is 4.47. The van der Waals surface area contributed by atoms with Crippen molar-refractivity contribution in [3.63, 3.8) is 0 Å². The lowest BCUT2D eigenvalue weighted by molar-refractivity contribution is -0.142. The van der Waals surface area contributed by atoms with Crippen molar-refractivity contribution in [3.8, 4) is 0 Å². The molecule has 2 unspecified atom stereocenters. The molecule has 1 aliphatic rings. The highest BCUT2D eigenvalue weighted by molar-refractivity contribution is 6.01. The predicted octanol–water partition coefficient (Wildman–Crippen LogP) is 1.84. The van der Waals surface area contributed by atoms with Gasteiger partial charge in [0.25, 0.3) is 0 Å². The molecule has 0 heterocycles. The normalized spacial score (nSPS) is 24.1. The number of esters is 2. The zero-order valence-corrected chi connectivity index (χ0v) is 13.3. The number of hydrogen-bond donors (Lipinski definition) is 0. The molecule has 0 N–H and O–H groups in total. The Kier molecular flexibility index (Phi) is 7.21. The van der Waals surface area contributed by atoms with Crippen molar-refractivity contribution in [2.75, 3.05) is 14.2 Å². The topological polar surface area (TPSA) is 86.7 Å². The fraction of sp³-hybridized carbons (Fsp3) is 0.750. The van der Waals surface area contributed by atoms with E-state index >= 15 is 0 Å². The molecule has 2 atom stereocenters. The maximum atomic E-state index is 12.5. The van der Waals surface area contributed by atoms with Gasteiger partial charge in [0, 0.05) is 18.8 Å². The Bertz CT molecular complexity index is 430. The van der Waals surface area contributed by atoms with Gasteiger partial charge in [0.1, 0.15) is 12.1 Å². The van der Waals surface area contributed by atoms with Crippen LogP contribution >= 0.6 is 0 Å². The number of hydrogen-bond acceptors (Lipinski definition) is 6. The van der Waals surface area contributed by atoms with E-state index in [0.29, 0.717) is 38.5 Å². The Morgan fingerprint density at radius 1 is 1.18 bits per heavy atom. The summed E-state index contributed by atoms with van der Waals surface area (Å²) in [7, 11) is 2.65. The van der Waals surface area contributed by atoms with Crippen LogP contribution in [0.3, 0.4) is 0 Å². The van der Waals surface area contributed by atoms with Gasteiger partial charge in [0.05, 0.1) is 19.6 Å². The first-order chi connectivity index (χ1) is 10.5. The van der Waals surface area contributed by atoms with Crippen molar-refractivity contribution in [1.29, 1.82) is 0 Å². The number of carbonyl (C=O) groups is 4. The zero-order valence-electron chi connectivity index (χ0n) is 13.3. The van der Waals surface area contributed by atoms with Gasteiger partial charge in [-0.15, -0.1) is 0 Å². The molecule has 1 saturated carbocycles. The first-order valence-corrected chi connectivity index (χ1v) is 7.63. The molecule has 22 heavy (non-hydrogen) atoms. The maximum Gasteiger partial charge on any atom is 0.305 e. The van der Waals surface area contributed by atoms with Crippen LogP contribution in [-0.2, 0) is 28.7 Å². The first-order valence-electron chi connectivity index (χ1n) is 7.63. The zero-order chi connectivity index (χ0) is 16.6. The van der Waals surface area contributed by atoms with Gasteiger partial charge >= 0.3 is 11.9 Å². The number of Topliss-reactive ketones (excluding diaryl/α,β-unsaturated/α-hetero) is 1. The van der Waals surface area contributed by atoms with E-state index in [0.717, 1.165) is 6.29 Å². The smallest absolute Gasteiger partial charge is 0.305 e. The van der Waals surface area contributed by atoms with Gasteiger partial charge < -0.3 is 14.3 Å². The quantitative estimate of drug-likeness (QED) is 0.367. The molecule has 124 valence electrons. The van der Waals surface area contributed by atoms with Crippen LogP contribution in [-0.4, -0.2) is 38.2 Å². The molecule has 0 amide bonds. The highest BCUT2D eigenvalue weighted by Gasteiger charge is 2.46. The van der Waals surface area contributed by atoms with Crippen LogP contribution in [0.4, 0.5) is 0 Å². The standard InChI is InChI=1S/C16H24O6/c1-21-13(18)6-3-5-12-8-10-16(11-17,15(12)20)9-4-7-14(19)22-2/h11-12H,3-10H2,1-2H3. The average Bonchev–Trinajstić information content (AvgIpc) is 2.84. The van der Waals surface area contributed by atoms with Crippen LogP contribution in [0.25, 0.3) is 0 Å². The first kappa shape index (κ1) is 18.3. The van der Waals surface area contributed by atoms with Crippen LogP contribution in [0, 0.1) is 11.3 Å². The van der Waals surface area contributed by atoms with Crippen LogP contribution in [0.15, 0.2) is 0 Å². The third-order valence-corrected chi connectivity index (χ3v) is 4.42. The third-order valence-electron chi connectivity index (χ3n) is 4.42. The second kappa shape index (κ2) is 8.66. The minimum atomic E-state index is -0.954. The molecule has 1 aliphatic carbocycles. The van der Waals surface area contributed by atoms with Crippen molar-refractivity contribution in [3.05, 3.63) is 0 Å². The Labute approximate surface area is 130 Å². The summed E-state index contributed by atoms with van der Waals surface area (Å²) in [6.45, 7) is 0. The molecule has 1 fully saturated rings. The molecule has 0 saturated heterocycles. The molecule has 0 aliphatic heterocycles. The van der Waals surface area contributed by atoms with E-state index < -0.39 is 5.41 Å². The monoisotopic (exact) mass is 312 g/mol. The summed E-state index contributed by atoms with van der Waals surface area (Å²) in [5.41, 5.74) is -0.954. The number of ketones is 1. The van der Waals surface area contributed by atoms with Crippen LogP contribution in [0.1, 0.15) is 51.4 Å². The van der Waals surface area contributed by atoms with E-state index in [9.17, 15) is 19.2 Å². The molecule has 0 aromatic carbocycles. The summed E-state index contributed by atoms with van der Waals surface area (Å²) in [5, 5.41) is 0. The number of carbonyl (C=O) groups excluding carboxylic acids is 4. The van der Waals surface area contributed by atoms with E-state index in [-0.39, 0.29) is 36.5 Å². The van der Waals surface area contributed by atoms with Crippen LogP contribution < -0.4 is 0 Å². The molecular weight excluding hydrogens is 288 g/mol. The van der Waals surface area contributed by atoms with Gasteiger partial charge in [-0.05, 0) is 38.5 Å². The largest absolute Gasteiger partial charge is 0.469 e. The predicted molar refractivity (Wildman–Crippen MR) is 78.0 cm³/mol. The van der Waals surface area contributed by atoms with Gasteiger partial charge in [-0.1, -0.05) is 0 Å². The van der Waals surface area contributed by atoms with E-state index in [1.54, 1.807) is 0 Å². The number of aldehydes is 1. The van der Waals surface area contributed by atoms with Gasteiger partial charge in [-0.25, -0.2) is 0 Å². The average molecular weight is 312 g/mol.